The summed E-state index contributed by atoms with van der Waals surface area (Å²) in [6.07, 6.45) is 2.17. The molecule has 2 rings (SSSR count). The van der Waals surface area contributed by atoms with Crippen LogP contribution in [0.1, 0.15) is 44.7 Å². The van der Waals surface area contributed by atoms with Gasteiger partial charge in [0, 0.05) is 38.1 Å². The molecule has 28 heavy (non-hydrogen) atoms. The van der Waals surface area contributed by atoms with Crippen LogP contribution < -0.4 is 15.4 Å². The van der Waals surface area contributed by atoms with Gasteiger partial charge in [-0.2, -0.15) is 0 Å². The lowest BCUT2D eigenvalue weighted by Gasteiger charge is -2.11. The van der Waals surface area contributed by atoms with Gasteiger partial charge in [-0.25, -0.2) is 0 Å². The van der Waals surface area contributed by atoms with Crippen molar-refractivity contribution in [3.05, 3.63) is 59.7 Å². The second-order valence-electron chi connectivity index (χ2n) is 6.26. The lowest BCUT2D eigenvalue weighted by atomic mass is 10.2. The van der Waals surface area contributed by atoms with Gasteiger partial charge >= 0.3 is 0 Å². The van der Waals surface area contributed by atoms with E-state index in [9.17, 15) is 14.7 Å². The molecule has 0 spiro atoms. The number of phenolic OH excluding ortho intramolecular Hbond substituents is 1. The quantitative estimate of drug-likeness (QED) is 0.606. The molecule has 0 fully saturated rings. The molecular formula is C22H30N2O4. The van der Waals surface area contributed by atoms with Gasteiger partial charge in [-0.15, -0.1) is 0 Å². The van der Waals surface area contributed by atoms with Gasteiger partial charge in [0.05, 0.1) is 6.61 Å². The van der Waals surface area contributed by atoms with E-state index in [1.54, 1.807) is 18.2 Å². The minimum atomic E-state index is -0.0988. The standard InChI is InChI=1S/C13H19NO2.C9H11NO2/c1-3-4-9-16-13-8-6-5-7-12(13)10-14-11(2)15;1-7(11)10-6-8-4-2-3-5-9(8)12/h5-8H,3-4,9-10H2,1-2H3,(H,14,15);2-5,12H,6H2,1H3,(H,10,11). The van der Waals surface area contributed by atoms with Crippen LogP contribution in [0.25, 0.3) is 0 Å². The predicted octanol–water partition coefficient (Wildman–Crippen LogP) is 3.53. The summed E-state index contributed by atoms with van der Waals surface area (Å²) in [6.45, 7) is 6.72. The molecule has 0 saturated heterocycles. The van der Waals surface area contributed by atoms with Crippen LogP contribution in [0, 0.1) is 0 Å². The second kappa shape index (κ2) is 13.2. The third-order valence-corrected chi connectivity index (χ3v) is 3.78. The topological polar surface area (TPSA) is 87.7 Å². The monoisotopic (exact) mass is 386 g/mol. The zero-order valence-electron chi connectivity index (χ0n) is 16.8. The molecule has 152 valence electrons. The second-order valence-corrected chi connectivity index (χ2v) is 6.26. The normalized spacial score (nSPS) is 9.68. The number of hydrogen-bond acceptors (Lipinski definition) is 4. The first kappa shape index (κ1) is 23.0. The van der Waals surface area contributed by atoms with Gasteiger partial charge < -0.3 is 20.5 Å². The average molecular weight is 386 g/mol. The molecule has 0 saturated carbocycles. The fourth-order valence-electron chi connectivity index (χ4n) is 2.22. The lowest BCUT2D eigenvalue weighted by Crippen LogP contribution is -2.19. The highest BCUT2D eigenvalue weighted by molar-refractivity contribution is 5.73. The van der Waals surface area contributed by atoms with E-state index < -0.39 is 0 Å². The average Bonchev–Trinajstić information content (AvgIpc) is 2.67. The first-order valence-corrected chi connectivity index (χ1v) is 9.40. The molecule has 0 radical (unpaired) electrons. The highest BCUT2D eigenvalue weighted by Gasteiger charge is 2.03. The number of para-hydroxylation sites is 2. The Morgan fingerprint density at radius 2 is 1.43 bits per heavy atom. The summed E-state index contributed by atoms with van der Waals surface area (Å²) < 4.78 is 5.66. The Labute approximate surface area is 166 Å². The predicted molar refractivity (Wildman–Crippen MR) is 110 cm³/mol. The minimum Gasteiger partial charge on any atom is -0.508 e. The van der Waals surface area contributed by atoms with E-state index in [1.807, 2.05) is 30.3 Å². The number of ether oxygens (including phenoxy) is 1. The lowest BCUT2D eigenvalue weighted by molar-refractivity contribution is -0.120. The van der Waals surface area contributed by atoms with Gasteiger partial charge in [0.2, 0.25) is 11.8 Å². The van der Waals surface area contributed by atoms with Crippen molar-refractivity contribution in [2.75, 3.05) is 6.61 Å². The number of carbonyl (C=O) groups is 2. The van der Waals surface area contributed by atoms with Gasteiger partial charge in [-0.1, -0.05) is 49.7 Å². The van der Waals surface area contributed by atoms with Crippen molar-refractivity contribution in [3.63, 3.8) is 0 Å². The van der Waals surface area contributed by atoms with Crippen molar-refractivity contribution in [3.8, 4) is 11.5 Å². The maximum Gasteiger partial charge on any atom is 0.217 e. The fraction of sp³-hybridized carbons (Fsp3) is 0.364. The summed E-state index contributed by atoms with van der Waals surface area (Å²) in [6, 6.07) is 14.7. The van der Waals surface area contributed by atoms with E-state index in [0.29, 0.717) is 13.1 Å². The van der Waals surface area contributed by atoms with Crippen LogP contribution >= 0.6 is 0 Å². The van der Waals surface area contributed by atoms with E-state index in [1.165, 1.54) is 13.8 Å². The molecular weight excluding hydrogens is 356 g/mol. The molecule has 0 atom stereocenters. The molecule has 2 aromatic rings. The number of benzene rings is 2. The minimum absolute atomic E-state index is 0.0247. The van der Waals surface area contributed by atoms with Gasteiger partial charge in [0.25, 0.3) is 0 Å². The van der Waals surface area contributed by atoms with Crippen molar-refractivity contribution < 1.29 is 19.4 Å². The molecule has 6 heteroatoms. The Kier molecular flexibility index (Phi) is 10.8. The number of phenols is 1. The van der Waals surface area contributed by atoms with Crippen LogP contribution in [0.2, 0.25) is 0 Å². The molecule has 3 N–H and O–H groups in total. The molecule has 6 nitrogen and oxygen atoms in total. The summed E-state index contributed by atoms with van der Waals surface area (Å²) in [5.41, 5.74) is 1.75. The van der Waals surface area contributed by atoms with Gasteiger partial charge in [-0.05, 0) is 18.6 Å². The van der Waals surface area contributed by atoms with Gasteiger partial charge in [-0.3, -0.25) is 9.59 Å². The van der Waals surface area contributed by atoms with Crippen LogP contribution in [0.3, 0.4) is 0 Å². The molecule has 0 aliphatic rings. The maximum atomic E-state index is 10.8. The SMILES string of the molecule is CC(=O)NCc1ccccc1O.CCCCOc1ccccc1CNC(C)=O. The van der Waals surface area contributed by atoms with Crippen LogP contribution in [-0.2, 0) is 22.7 Å². The number of amides is 2. The number of carbonyl (C=O) groups excluding carboxylic acids is 2. The van der Waals surface area contributed by atoms with Crippen LogP contribution in [0.4, 0.5) is 0 Å². The van der Waals surface area contributed by atoms with Crippen molar-refractivity contribution in [2.24, 2.45) is 0 Å². The number of rotatable bonds is 8. The first-order valence-electron chi connectivity index (χ1n) is 9.40. The first-order chi connectivity index (χ1) is 13.4. The number of hydrogen-bond donors (Lipinski definition) is 3. The van der Waals surface area contributed by atoms with Crippen molar-refractivity contribution >= 4 is 11.8 Å². The van der Waals surface area contributed by atoms with Crippen LogP contribution in [0.5, 0.6) is 11.5 Å². The Bertz CT molecular complexity index is 747. The summed E-state index contributed by atoms with van der Waals surface area (Å²) in [7, 11) is 0. The Balaban J connectivity index is 0.000000292. The van der Waals surface area contributed by atoms with Crippen LogP contribution in [0.15, 0.2) is 48.5 Å². The van der Waals surface area contributed by atoms with E-state index in [4.69, 9.17) is 4.74 Å². The third-order valence-electron chi connectivity index (χ3n) is 3.78. The zero-order valence-corrected chi connectivity index (χ0v) is 16.8. The molecule has 2 aromatic carbocycles. The fourth-order valence-corrected chi connectivity index (χ4v) is 2.22. The maximum absolute atomic E-state index is 10.8. The Morgan fingerprint density at radius 3 is 2.00 bits per heavy atom. The van der Waals surface area contributed by atoms with E-state index in [0.717, 1.165) is 36.3 Å². The van der Waals surface area contributed by atoms with Crippen LogP contribution in [-0.4, -0.2) is 23.5 Å². The summed E-state index contributed by atoms with van der Waals surface area (Å²) in [5, 5.41) is 14.6. The zero-order chi connectivity index (χ0) is 20.8. The Hall–Kier alpha value is -3.02. The smallest absolute Gasteiger partial charge is 0.217 e. The highest BCUT2D eigenvalue weighted by atomic mass is 16.5. The summed E-state index contributed by atoms with van der Waals surface area (Å²) >= 11 is 0. The number of aromatic hydroxyl groups is 1. The van der Waals surface area contributed by atoms with E-state index >= 15 is 0 Å². The summed E-state index contributed by atoms with van der Waals surface area (Å²) in [4.78, 5) is 21.4. The highest BCUT2D eigenvalue weighted by Crippen LogP contribution is 2.18. The van der Waals surface area contributed by atoms with Crippen molar-refractivity contribution in [2.45, 2.75) is 46.7 Å². The van der Waals surface area contributed by atoms with E-state index in [-0.39, 0.29) is 17.6 Å². The molecule has 0 heterocycles. The Morgan fingerprint density at radius 1 is 0.893 bits per heavy atom. The molecule has 0 bridgehead atoms. The number of nitrogens with one attached hydrogen (secondary N) is 2. The molecule has 2 amide bonds. The van der Waals surface area contributed by atoms with E-state index in [2.05, 4.69) is 17.6 Å². The van der Waals surface area contributed by atoms with Gasteiger partial charge in [0.1, 0.15) is 11.5 Å². The largest absolute Gasteiger partial charge is 0.508 e. The molecule has 0 unspecified atom stereocenters. The number of unbranched alkanes of at least 4 members (excludes halogenated alkanes) is 1. The van der Waals surface area contributed by atoms with Crippen molar-refractivity contribution in [1.82, 2.24) is 10.6 Å². The van der Waals surface area contributed by atoms with Crippen molar-refractivity contribution in [1.29, 1.82) is 0 Å². The third kappa shape index (κ3) is 9.62. The molecule has 0 aliphatic heterocycles. The molecule has 0 aliphatic carbocycles. The van der Waals surface area contributed by atoms with Gasteiger partial charge in [0.15, 0.2) is 0 Å². The summed E-state index contributed by atoms with van der Waals surface area (Å²) in [5.74, 6) is 0.956. The molecule has 0 aromatic heterocycles.